The summed E-state index contributed by atoms with van der Waals surface area (Å²) in [6, 6.07) is 8.31. The molecule has 3 N–H and O–H groups in total. The maximum atomic E-state index is 12.2. The van der Waals surface area contributed by atoms with Gasteiger partial charge in [-0.2, -0.15) is 5.10 Å². The zero-order valence-electron chi connectivity index (χ0n) is 14.9. The molecular formula is C19H22N4O4. The average molecular weight is 370 g/mol. The molecule has 1 aliphatic rings. The van der Waals surface area contributed by atoms with Gasteiger partial charge in [0.2, 0.25) is 5.88 Å². The first-order valence-electron chi connectivity index (χ1n) is 9.04. The van der Waals surface area contributed by atoms with Crippen LogP contribution in [0.25, 0.3) is 0 Å². The molecular weight excluding hydrogens is 348 g/mol. The first-order chi connectivity index (χ1) is 13.1. The lowest BCUT2D eigenvalue weighted by Crippen LogP contribution is -2.34. The molecule has 0 saturated heterocycles. The zero-order valence-corrected chi connectivity index (χ0v) is 14.9. The molecule has 1 amide bonds. The van der Waals surface area contributed by atoms with Gasteiger partial charge in [0.05, 0.1) is 6.21 Å². The quantitative estimate of drug-likeness (QED) is 0.433. The lowest BCUT2D eigenvalue weighted by Gasteiger charge is -2.19. The monoisotopic (exact) mass is 370 g/mol. The molecule has 1 heterocycles. The van der Waals surface area contributed by atoms with Gasteiger partial charge in [-0.15, -0.1) is 0 Å². The fraction of sp³-hybridized carbons (Fsp3) is 0.368. The molecule has 8 nitrogen and oxygen atoms in total. The van der Waals surface area contributed by atoms with Crippen LogP contribution in [-0.4, -0.2) is 26.8 Å². The van der Waals surface area contributed by atoms with Gasteiger partial charge in [-0.1, -0.05) is 43.9 Å². The van der Waals surface area contributed by atoms with E-state index in [0.29, 0.717) is 5.56 Å². The molecule has 0 bridgehead atoms. The number of carbonyl (C=O) groups is 1. The number of nitrogens with zero attached hydrogens (tertiary/aromatic N) is 2. The van der Waals surface area contributed by atoms with Gasteiger partial charge in [-0.25, -0.2) is 10.2 Å². The summed E-state index contributed by atoms with van der Waals surface area (Å²) in [6.07, 6.45) is 6.70. The Labute approximate surface area is 155 Å². The van der Waals surface area contributed by atoms with Gasteiger partial charge in [-0.3, -0.25) is 19.1 Å². The Morgan fingerprint density at radius 3 is 2.48 bits per heavy atom. The summed E-state index contributed by atoms with van der Waals surface area (Å²) >= 11 is 0. The molecule has 0 radical (unpaired) electrons. The molecule has 8 heteroatoms. The third kappa shape index (κ3) is 4.33. The Balaban J connectivity index is 1.85. The highest BCUT2D eigenvalue weighted by Gasteiger charge is 2.21. The molecule has 1 aromatic heterocycles. The number of amides is 1. The minimum atomic E-state index is -0.750. The third-order valence-corrected chi connectivity index (χ3v) is 4.74. The van der Waals surface area contributed by atoms with Gasteiger partial charge in [0.1, 0.15) is 5.56 Å². The van der Waals surface area contributed by atoms with Crippen molar-refractivity contribution in [3.63, 3.8) is 0 Å². The topological polar surface area (TPSA) is 117 Å². The molecule has 0 atom stereocenters. The van der Waals surface area contributed by atoms with E-state index in [0.717, 1.165) is 44.7 Å². The summed E-state index contributed by atoms with van der Waals surface area (Å²) in [7, 11) is 0. The average Bonchev–Trinajstić information content (AvgIpc) is 2.94. The number of aromatic hydroxyl groups is 1. The summed E-state index contributed by atoms with van der Waals surface area (Å²) in [5, 5.41) is 14.3. The Morgan fingerprint density at radius 1 is 1.15 bits per heavy atom. The second-order valence-electron chi connectivity index (χ2n) is 6.58. The Kier molecular flexibility index (Phi) is 5.85. The van der Waals surface area contributed by atoms with Crippen LogP contribution in [0.3, 0.4) is 0 Å². The number of carbonyl (C=O) groups excluding carboxylic acids is 1. The summed E-state index contributed by atoms with van der Waals surface area (Å²) in [6.45, 7) is 0. The fourth-order valence-electron chi connectivity index (χ4n) is 3.33. The lowest BCUT2D eigenvalue weighted by molar-refractivity contribution is 0.0955. The molecule has 27 heavy (non-hydrogen) atoms. The molecule has 1 saturated carbocycles. The molecule has 0 aliphatic heterocycles. The van der Waals surface area contributed by atoms with Crippen molar-refractivity contribution in [1.82, 2.24) is 15.0 Å². The van der Waals surface area contributed by atoms with Gasteiger partial charge in [0.25, 0.3) is 11.5 Å². The summed E-state index contributed by atoms with van der Waals surface area (Å²) < 4.78 is 1.23. The molecule has 1 aliphatic carbocycles. The van der Waals surface area contributed by atoms with Crippen LogP contribution in [0, 0.1) is 0 Å². The maximum absolute atomic E-state index is 12.2. The van der Waals surface area contributed by atoms with Gasteiger partial charge < -0.3 is 5.11 Å². The number of rotatable bonds is 4. The summed E-state index contributed by atoms with van der Waals surface area (Å²) in [5.41, 5.74) is 1.18. The number of hydrogen-bond donors (Lipinski definition) is 3. The highest BCUT2D eigenvalue weighted by Crippen LogP contribution is 2.28. The van der Waals surface area contributed by atoms with Crippen LogP contribution in [0.15, 0.2) is 45.0 Å². The molecule has 3 rings (SSSR count). The van der Waals surface area contributed by atoms with Crippen LogP contribution in [0.5, 0.6) is 5.88 Å². The lowest BCUT2D eigenvalue weighted by atomic mass is 10.1. The van der Waals surface area contributed by atoms with Crippen LogP contribution >= 0.6 is 0 Å². The van der Waals surface area contributed by atoms with E-state index in [1.807, 2.05) is 0 Å². The van der Waals surface area contributed by atoms with Crippen LogP contribution in [0.1, 0.15) is 60.5 Å². The highest BCUT2D eigenvalue weighted by atomic mass is 16.3. The van der Waals surface area contributed by atoms with Crippen molar-refractivity contribution >= 4 is 12.1 Å². The first-order valence-corrected chi connectivity index (χ1v) is 9.04. The minimum absolute atomic E-state index is 0.160. The van der Waals surface area contributed by atoms with E-state index in [-0.39, 0.29) is 11.6 Å². The van der Waals surface area contributed by atoms with Crippen molar-refractivity contribution < 1.29 is 9.90 Å². The number of aromatic amines is 1. The minimum Gasteiger partial charge on any atom is -0.494 e. The molecule has 0 spiro atoms. The molecule has 0 unspecified atom stereocenters. The smallest absolute Gasteiger partial charge is 0.331 e. The zero-order chi connectivity index (χ0) is 19.2. The van der Waals surface area contributed by atoms with Crippen molar-refractivity contribution in [2.45, 2.75) is 44.6 Å². The number of hydrogen-bond acceptors (Lipinski definition) is 5. The Hall–Kier alpha value is -3.16. The van der Waals surface area contributed by atoms with Crippen molar-refractivity contribution in [3.8, 4) is 5.88 Å². The SMILES string of the molecule is O=C(N/N=C/c1c(O)n(C2CCCCCC2)c(=O)[nH]c1=O)c1ccccc1. The van der Waals surface area contributed by atoms with Crippen LogP contribution in [0.2, 0.25) is 0 Å². The molecule has 142 valence electrons. The number of nitrogens with one attached hydrogen (secondary N) is 2. The molecule has 1 aromatic carbocycles. The second kappa shape index (κ2) is 8.48. The van der Waals surface area contributed by atoms with Gasteiger partial charge in [0, 0.05) is 11.6 Å². The fourth-order valence-corrected chi connectivity index (χ4v) is 3.33. The first kappa shape index (κ1) is 18.6. The van der Waals surface area contributed by atoms with Crippen molar-refractivity contribution in [2.24, 2.45) is 5.10 Å². The van der Waals surface area contributed by atoms with Crippen LogP contribution in [0.4, 0.5) is 0 Å². The number of H-pyrrole nitrogens is 1. The largest absolute Gasteiger partial charge is 0.494 e. The maximum Gasteiger partial charge on any atom is 0.331 e. The van der Waals surface area contributed by atoms with E-state index in [9.17, 15) is 19.5 Å². The van der Waals surface area contributed by atoms with Crippen LogP contribution in [-0.2, 0) is 0 Å². The van der Waals surface area contributed by atoms with Crippen LogP contribution < -0.4 is 16.7 Å². The van der Waals surface area contributed by atoms with Crippen molar-refractivity contribution in [2.75, 3.05) is 0 Å². The van der Waals surface area contributed by atoms with Gasteiger partial charge in [-0.05, 0) is 25.0 Å². The predicted octanol–water partition coefficient (Wildman–Crippen LogP) is 1.90. The number of aromatic nitrogens is 2. The van der Waals surface area contributed by atoms with E-state index in [1.54, 1.807) is 30.3 Å². The second-order valence-corrected chi connectivity index (χ2v) is 6.58. The number of benzene rings is 1. The van der Waals surface area contributed by atoms with E-state index in [1.165, 1.54) is 4.57 Å². The normalized spacial score (nSPS) is 15.6. The molecule has 1 fully saturated rings. The Bertz CT molecular complexity index is 938. The molecule has 2 aromatic rings. The van der Waals surface area contributed by atoms with E-state index in [4.69, 9.17) is 0 Å². The predicted molar refractivity (Wildman–Crippen MR) is 101 cm³/mol. The van der Waals surface area contributed by atoms with Crippen molar-refractivity contribution in [1.29, 1.82) is 0 Å². The summed E-state index contributed by atoms with van der Waals surface area (Å²) in [5.74, 6) is -0.867. The van der Waals surface area contributed by atoms with E-state index >= 15 is 0 Å². The summed E-state index contributed by atoms with van der Waals surface area (Å²) in [4.78, 5) is 38.5. The van der Waals surface area contributed by atoms with Gasteiger partial charge in [0.15, 0.2) is 0 Å². The highest BCUT2D eigenvalue weighted by molar-refractivity contribution is 5.94. The third-order valence-electron chi connectivity index (χ3n) is 4.74. The van der Waals surface area contributed by atoms with E-state index < -0.39 is 23.0 Å². The van der Waals surface area contributed by atoms with Crippen molar-refractivity contribution in [3.05, 3.63) is 62.3 Å². The standard InChI is InChI=1S/C19H22N4O4/c24-16(13-8-4-3-5-9-13)22-20-12-15-17(25)21-19(27)23(18(15)26)14-10-6-1-2-7-11-14/h3-5,8-9,12,14,26H,1-2,6-7,10-11H2,(H,22,24)(H,21,25,27)/b20-12+. The number of hydrazone groups is 1. The van der Waals surface area contributed by atoms with E-state index in [2.05, 4.69) is 15.5 Å². The Morgan fingerprint density at radius 2 is 1.81 bits per heavy atom. The van der Waals surface area contributed by atoms with Gasteiger partial charge >= 0.3 is 5.69 Å².